The molecule has 0 radical (unpaired) electrons. The van der Waals surface area contributed by atoms with Gasteiger partial charge in [-0.15, -0.1) is 5.10 Å². The third-order valence-corrected chi connectivity index (χ3v) is 4.86. The van der Waals surface area contributed by atoms with Crippen molar-refractivity contribution in [1.29, 1.82) is 0 Å². The van der Waals surface area contributed by atoms with Crippen LogP contribution >= 0.6 is 0 Å². The van der Waals surface area contributed by atoms with Gasteiger partial charge in [0.1, 0.15) is 0 Å². The van der Waals surface area contributed by atoms with E-state index in [0.717, 1.165) is 5.52 Å². The van der Waals surface area contributed by atoms with Gasteiger partial charge in [0.15, 0.2) is 5.69 Å². The molecule has 10 heteroatoms. The number of fused-ring (bicyclic) bond motifs is 1. The van der Waals surface area contributed by atoms with Crippen molar-refractivity contribution < 1.29 is 18.4 Å². The van der Waals surface area contributed by atoms with E-state index in [9.17, 15) is 18.4 Å². The molecule has 1 fully saturated rings. The summed E-state index contributed by atoms with van der Waals surface area (Å²) in [6.45, 7) is -0.636. The van der Waals surface area contributed by atoms with E-state index in [1.165, 1.54) is 22.8 Å². The molecule has 28 heavy (non-hydrogen) atoms. The molecule has 0 unspecified atom stereocenters. The summed E-state index contributed by atoms with van der Waals surface area (Å²) in [7, 11) is 1.46. The first-order valence-corrected chi connectivity index (χ1v) is 8.75. The molecule has 0 bridgehead atoms. The zero-order valence-corrected chi connectivity index (χ0v) is 15.0. The summed E-state index contributed by atoms with van der Waals surface area (Å²) >= 11 is 0. The molecule has 0 saturated carbocycles. The number of carbonyl (C=O) groups is 2. The molecule has 0 aliphatic carbocycles. The van der Waals surface area contributed by atoms with Crippen molar-refractivity contribution in [3.05, 3.63) is 47.9 Å². The van der Waals surface area contributed by atoms with Crippen LogP contribution in [0.15, 0.2) is 36.7 Å². The highest BCUT2D eigenvalue weighted by Crippen LogP contribution is 2.34. The number of H-pyrrole nitrogens is 1. The Bertz CT molecular complexity index is 1040. The van der Waals surface area contributed by atoms with E-state index in [1.54, 1.807) is 24.4 Å². The number of hydrogen-bond donors (Lipinski definition) is 2. The van der Waals surface area contributed by atoms with Gasteiger partial charge in [0.25, 0.3) is 17.7 Å². The lowest BCUT2D eigenvalue weighted by Gasteiger charge is -2.24. The van der Waals surface area contributed by atoms with E-state index in [1.807, 2.05) is 6.07 Å². The standard InChI is InChI=1S/C18H18F2N6O2/c1-21-16(27)15-9-25(24-23-15)8-11-7-18(19,20)10-26(11)17(28)13-3-2-4-14-12(13)5-6-22-14/h2-6,9,11,22H,7-8,10H2,1H3,(H,21,27)/t11-/m0/s1. The van der Waals surface area contributed by atoms with Crippen molar-refractivity contribution in [2.24, 2.45) is 0 Å². The lowest BCUT2D eigenvalue weighted by atomic mass is 10.1. The van der Waals surface area contributed by atoms with Crippen LogP contribution in [0.3, 0.4) is 0 Å². The second-order valence-electron chi connectivity index (χ2n) is 6.80. The highest BCUT2D eigenvalue weighted by atomic mass is 19.3. The predicted molar refractivity (Wildman–Crippen MR) is 96.1 cm³/mol. The molecule has 1 aliphatic rings. The van der Waals surface area contributed by atoms with Crippen molar-refractivity contribution in [1.82, 2.24) is 30.2 Å². The summed E-state index contributed by atoms with van der Waals surface area (Å²) < 4.78 is 29.6. The van der Waals surface area contributed by atoms with Crippen LogP contribution in [0.25, 0.3) is 10.9 Å². The number of nitrogens with zero attached hydrogens (tertiary/aromatic N) is 4. The average Bonchev–Trinajstić information content (AvgIpc) is 3.38. The number of rotatable bonds is 4. The Morgan fingerprint density at radius 2 is 2.18 bits per heavy atom. The molecule has 2 N–H and O–H groups in total. The second-order valence-corrected chi connectivity index (χ2v) is 6.80. The van der Waals surface area contributed by atoms with Gasteiger partial charge in [0, 0.05) is 36.1 Å². The van der Waals surface area contributed by atoms with Crippen LogP contribution in [0.5, 0.6) is 0 Å². The van der Waals surface area contributed by atoms with E-state index >= 15 is 0 Å². The lowest BCUT2D eigenvalue weighted by Crippen LogP contribution is -2.39. The number of amides is 2. The van der Waals surface area contributed by atoms with E-state index < -0.39 is 36.7 Å². The maximum atomic E-state index is 14.2. The van der Waals surface area contributed by atoms with E-state index in [-0.39, 0.29) is 12.2 Å². The van der Waals surface area contributed by atoms with Crippen molar-refractivity contribution >= 4 is 22.7 Å². The highest BCUT2D eigenvalue weighted by Gasteiger charge is 2.47. The number of benzene rings is 1. The van der Waals surface area contributed by atoms with Gasteiger partial charge >= 0.3 is 0 Å². The number of likely N-dealkylation sites (tertiary alicyclic amines) is 1. The Morgan fingerprint density at radius 1 is 1.36 bits per heavy atom. The van der Waals surface area contributed by atoms with Gasteiger partial charge in [-0.3, -0.25) is 9.59 Å². The van der Waals surface area contributed by atoms with Gasteiger partial charge in [-0.2, -0.15) is 0 Å². The van der Waals surface area contributed by atoms with Crippen LogP contribution in [0.1, 0.15) is 27.3 Å². The van der Waals surface area contributed by atoms with Crippen LogP contribution in [0.2, 0.25) is 0 Å². The monoisotopic (exact) mass is 388 g/mol. The molecule has 0 spiro atoms. The molecule has 146 valence electrons. The normalized spacial score (nSPS) is 18.5. The fraction of sp³-hybridized carbons (Fsp3) is 0.333. The number of nitrogens with one attached hydrogen (secondary N) is 2. The van der Waals surface area contributed by atoms with Gasteiger partial charge in [0.05, 0.1) is 25.3 Å². The molecular formula is C18H18F2N6O2. The number of alkyl halides is 2. The Balaban J connectivity index is 1.61. The van der Waals surface area contributed by atoms with Crippen molar-refractivity contribution in [2.45, 2.75) is 24.9 Å². The Hall–Kier alpha value is -3.30. The number of aromatic nitrogens is 4. The summed E-state index contributed by atoms with van der Waals surface area (Å²) in [6.07, 6.45) is 2.61. The molecular weight excluding hydrogens is 370 g/mol. The molecule has 3 heterocycles. The van der Waals surface area contributed by atoms with Crippen LogP contribution in [0.4, 0.5) is 8.78 Å². The Labute approximate surface area is 158 Å². The Kier molecular flexibility index (Phi) is 4.33. The third kappa shape index (κ3) is 3.21. The van der Waals surface area contributed by atoms with Crippen molar-refractivity contribution in [3.8, 4) is 0 Å². The maximum Gasteiger partial charge on any atom is 0.273 e. The lowest BCUT2D eigenvalue weighted by molar-refractivity contribution is 0.0117. The molecule has 1 aliphatic heterocycles. The average molecular weight is 388 g/mol. The fourth-order valence-corrected chi connectivity index (χ4v) is 3.56. The van der Waals surface area contributed by atoms with E-state index in [0.29, 0.717) is 10.9 Å². The predicted octanol–water partition coefficient (Wildman–Crippen LogP) is 1.67. The summed E-state index contributed by atoms with van der Waals surface area (Å²) in [5, 5.41) is 10.7. The molecule has 4 rings (SSSR count). The molecule has 8 nitrogen and oxygen atoms in total. The summed E-state index contributed by atoms with van der Waals surface area (Å²) in [5.41, 5.74) is 1.22. The largest absolute Gasteiger partial charge is 0.361 e. The Morgan fingerprint density at radius 3 is 2.96 bits per heavy atom. The SMILES string of the molecule is CNC(=O)c1cn(C[C@@H]2CC(F)(F)CN2C(=O)c2cccc3[nH]ccc23)nn1. The number of halogens is 2. The quantitative estimate of drug-likeness (QED) is 0.711. The van der Waals surface area contributed by atoms with E-state index in [2.05, 4.69) is 20.6 Å². The first kappa shape index (κ1) is 18.1. The van der Waals surface area contributed by atoms with Crippen molar-refractivity contribution in [2.75, 3.05) is 13.6 Å². The van der Waals surface area contributed by atoms with Gasteiger partial charge in [-0.1, -0.05) is 11.3 Å². The number of hydrogen-bond acceptors (Lipinski definition) is 4. The van der Waals surface area contributed by atoms with Gasteiger partial charge in [-0.05, 0) is 18.2 Å². The molecule has 2 aromatic heterocycles. The molecule has 1 atom stereocenters. The summed E-state index contributed by atoms with van der Waals surface area (Å²) in [6, 6.07) is 6.14. The fourth-order valence-electron chi connectivity index (χ4n) is 3.56. The zero-order chi connectivity index (χ0) is 19.9. The minimum atomic E-state index is -2.99. The molecule has 1 aromatic carbocycles. The molecule has 2 amide bonds. The summed E-state index contributed by atoms with van der Waals surface area (Å²) in [5.74, 6) is -3.87. The first-order valence-electron chi connectivity index (χ1n) is 8.75. The number of carbonyl (C=O) groups excluding carboxylic acids is 2. The van der Waals surface area contributed by atoms with Gasteiger partial charge in [0.2, 0.25) is 0 Å². The van der Waals surface area contributed by atoms with Crippen LogP contribution in [0, 0.1) is 0 Å². The topological polar surface area (TPSA) is 95.9 Å². The minimum Gasteiger partial charge on any atom is -0.361 e. The van der Waals surface area contributed by atoms with Gasteiger partial charge < -0.3 is 15.2 Å². The number of aromatic amines is 1. The first-order chi connectivity index (χ1) is 13.4. The second kappa shape index (κ2) is 6.70. The van der Waals surface area contributed by atoms with Crippen molar-refractivity contribution in [3.63, 3.8) is 0 Å². The van der Waals surface area contributed by atoms with E-state index in [4.69, 9.17) is 0 Å². The molecule has 3 aromatic rings. The highest BCUT2D eigenvalue weighted by molar-refractivity contribution is 6.06. The van der Waals surface area contributed by atoms with Crippen LogP contribution in [-0.4, -0.2) is 62.2 Å². The van der Waals surface area contributed by atoms with Crippen LogP contribution < -0.4 is 5.32 Å². The van der Waals surface area contributed by atoms with Gasteiger partial charge in [-0.25, -0.2) is 13.5 Å². The van der Waals surface area contributed by atoms with Crippen LogP contribution in [-0.2, 0) is 6.54 Å². The minimum absolute atomic E-state index is 0.0223. The zero-order valence-electron chi connectivity index (χ0n) is 15.0. The smallest absolute Gasteiger partial charge is 0.273 e. The summed E-state index contributed by atoms with van der Waals surface area (Å²) in [4.78, 5) is 28.9. The molecule has 1 saturated heterocycles. The third-order valence-electron chi connectivity index (χ3n) is 4.86. The maximum absolute atomic E-state index is 14.2.